The van der Waals surface area contributed by atoms with Gasteiger partial charge in [-0.25, -0.2) is 9.69 Å². The summed E-state index contributed by atoms with van der Waals surface area (Å²) in [6.07, 6.45) is 2.21. The number of nitrogens with one attached hydrogen (secondary N) is 2. The molecule has 1 atom stereocenters. The molecule has 1 aliphatic rings. The minimum Gasteiger partial charge on any atom is -0.497 e. The summed E-state index contributed by atoms with van der Waals surface area (Å²) < 4.78 is 12.9. The fraction of sp³-hybridized carbons (Fsp3) is 0.462. The van der Waals surface area contributed by atoms with E-state index in [0.717, 1.165) is 13.1 Å². The molecule has 2 N–H and O–H groups in total. The fourth-order valence-corrected chi connectivity index (χ4v) is 4.57. The molecule has 0 unspecified atom stereocenters. The van der Waals surface area contributed by atoms with Gasteiger partial charge in [0.25, 0.3) is 0 Å². The predicted octanol–water partition coefficient (Wildman–Crippen LogP) is 4.34. The van der Waals surface area contributed by atoms with E-state index in [2.05, 4.69) is 73.2 Å². The summed E-state index contributed by atoms with van der Waals surface area (Å²) in [5.41, 5.74) is 5.74. The number of hydrogen-bond donors (Lipinski definition) is 2. The molecule has 2 aromatic carbocycles. The van der Waals surface area contributed by atoms with E-state index in [-0.39, 0.29) is 12.1 Å². The Morgan fingerprint density at radius 2 is 1.79 bits per heavy atom. The molecule has 1 heterocycles. The summed E-state index contributed by atoms with van der Waals surface area (Å²) in [5, 5.41) is 5.92. The molecule has 7 heteroatoms. The van der Waals surface area contributed by atoms with Crippen LogP contribution in [0.2, 0.25) is 0 Å². The largest absolute Gasteiger partial charge is 0.497 e. The first-order chi connectivity index (χ1) is 15.7. The summed E-state index contributed by atoms with van der Waals surface area (Å²) in [7, 11) is 3.16. The number of rotatable bonds is 8. The Labute approximate surface area is 197 Å². The highest BCUT2D eigenvalue weighted by Crippen LogP contribution is 2.29. The van der Waals surface area contributed by atoms with Gasteiger partial charge in [0.15, 0.2) is 0 Å². The first kappa shape index (κ1) is 24.4. The number of aryl methyl sites for hydroxylation is 3. The molecule has 2 aromatic rings. The smallest absolute Gasteiger partial charge is 0.319 e. The van der Waals surface area contributed by atoms with Crippen LogP contribution in [0.4, 0.5) is 16.2 Å². The number of anilines is 2. The molecule has 0 aromatic heterocycles. The Balaban J connectivity index is 1.68. The highest BCUT2D eigenvalue weighted by Gasteiger charge is 2.30. The third-order valence-electron chi connectivity index (χ3n) is 6.13. The quantitative estimate of drug-likeness (QED) is 0.584. The molecule has 0 spiro atoms. The zero-order valence-corrected chi connectivity index (χ0v) is 20.9. The summed E-state index contributed by atoms with van der Waals surface area (Å²) in [6.45, 7) is 13.3. The second kappa shape index (κ2) is 10.6. The molecule has 0 saturated carbocycles. The van der Waals surface area contributed by atoms with Crippen molar-refractivity contribution in [1.82, 2.24) is 5.32 Å². The van der Waals surface area contributed by atoms with E-state index in [4.69, 9.17) is 9.47 Å². The average Bonchev–Trinajstić information content (AvgIpc) is 3.22. The van der Waals surface area contributed by atoms with Crippen LogP contribution < -0.4 is 25.0 Å². The Bertz CT molecular complexity index is 1010. The molecular formula is C26H37N4O3+. The van der Waals surface area contributed by atoms with Crippen molar-refractivity contribution < 1.29 is 18.8 Å². The van der Waals surface area contributed by atoms with Gasteiger partial charge in [0.2, 0.25) is 6.34 Å². The summed E-state index contributed by atoms with van der Waals surface area (Å²) >= 11 is 0. The molecule has 3 rings (SSSR count). The van der Waals surface area contributed by atoms with Crippen molar-refractivity contribution in [1.29, 1.82) is 0 Å². The van der Waals surface area contributed by atoms with Crippen LogP contribution in [0.5, 0.6) is 11.5 Å². The Hall–Kier alpha value is -3.22. The predicted molar refractivity (Wildman–Crippen MR) is 134 cm³/mol. The van der Waals surface area contributed by atoms with E-state index >= 15 is 0 Å². The maximum Gasteiger partial charge on any atom is 0.319 e. The number of hydrogen-bond acceptors (Lipinski definition) is 4. The van der Waals surface area contributed by atoms with Crippen LogP contribution >= 0.6 is 0 Å². The lowest BCUT2D eigenvalue weighted by atomic mass is 10.0. The second-order valence-corrected chi connectivity index (χ2v) is 9.01. The highest BCUT2D eigenvalue weighted by atomic mass is 16.5. The van der Waals surface area contributed by atoms with Gasteiger partial charge in [0.05, 0.1) is 26.5 Å². The number of carbonyl (C=O) groups is 1. The monoisotopic (exact) mass is 453 g/mol. The first-order valence-corrected chi connectivity index (χ1v) is 11.5. The van der Waals surface area contributed by atoms with Crippen molar-refractivity contribution in [2.75, 3.05) is 44.1 Å². The van der Waals surface area contributed by atoms with E-state index in [1.54, 1.807) is 32.4 Å². The van der Waals surface area contributed by atoms with Gasteiger partial charge in [-0.05, 0) is 49.9 Å². The molecule has 0 aliphatic carbocycles. The third-order valence-corrected chi connectivity index (χ3v) is 6.13. The van der Waals surface area contributed by atoms with Crippen molar-refractivity contribution in [3.8, 4) is 11.5 Å². The zero-order valence-electron chi connectivity index (χ0n) is 20.9. The normalized spacial score (nSPS) is 14.2. The summed E-state index contributed by atoms with van der Waals surface area (Å²) in [5.74, 6) is 1.60. The number of benzene rings is 2. The molecule has 2 amide bonds. The minimum atomic E-state index is -0.259. The molecule has 0 bridgehead atoms. The molecule has 1 aliphatic heterocycles. The molecule has 0 saturated heterocycles. The van der Waals surface area contributed by atoms with Crippen LogP contribution in [0.25, 0.3) is 0 Å². The first-order valence-electron chi connectivity index (χ1n) is 11.5. The Morgan fingerprint density at radius 3 is 2.39 bits per heavy atom. The van der Waals surface area contributed by atoms with Crippen molar-refractivity contribution in [3.05, 3.63) is 47.0 Å². The minimum absolute atomic E-state index is 0.185. The molecule has 0 fully saturated rings. The van der Waals surface area contributed by atoms with Gasteiger partial charge in [-0.2, -0.15) is 0 Å². The van der Waals surface area contributed by atoms with Crippen molar-refractivity contribution in [2.24, 2.45) is 5.92 Å². The van der Waals surface area contributed by atoms with Gasteiger partial charge < -0.3 is 20.1 Å². The van der Waals surface area contributed by atoms with E-state index in [1.165, 1.54) is 22.4 Å². The van der Waals surface area contributed by atoms with E-state index in [9.17, 15) is 4.79 Å². The lowest BCUT2D eigenvalue weighted by molar-refractivity contribution is -0.558. The number of ether oxygens (including phenoxy) is 2. The van der Waals surface area contributed by atoms with E-state index in [0.29, 0.717) is 29.6 Å². The SMILES string of the molecule is COc1ccc(NC(=O)NC[C@H](C(C)C)[N+]2=CN(c3c(C)cc(C)cc3C)CC2)c(OC)c1. The lowest BCUT2D eigenvalue weighted by Crippen LogP contribution is -2.43. The van der Waals surface area contributed by atoms with E-state index in [1.807, 2.05) is 0 Å². The maximum atomic E-state index is 12.6. The van der Waals surface area contributed by atoms with Crippen LogP contribution in [-0.4, -0.2) is 56.8 Å². The number of methoxy groups -OCH3 is 2. The zero-order chi connectivity index (χ0) is 24.1. The number of nitrogens with zero attached hydrogens (tertiary/aromatic N) is 2. The fourth-order valence-electron chi connectivity index (χ4n) is 4.57. The van der Waals surface area contributed by atoms with Gasteiger partial charge in [0.1, 0.15) is 36.3 Å². The lowest BCUT2D eigenvalue weighted by Gasteiger charge is -2.21. The van der Waals surface area contributed by atoms with Crippen molar-refractivity contribution in [2.45, 2.75) is 40.7 Å². The second-order valence-electron chi connectivity index (χ2n) is 9.01. The van der Waals surface area contributed by atoms with Gasteiger partial charge in [-0.3, -0.25) is 4.58 Å². The van der Waals surface area contributed by atoms with Crippen LogP contribution in [0, 0.1) is 26.7 Å². The standard InChI is InChI=1S/C26H36N4O3/c1-17(2)23(15-27-26(31)28-22-9-8-21(32-6)14-24(22)33-7)29-10-11-30(16-29)25-19(4)12-18(3)13-20(25)5/h8-9,12-14,16-17,23H,10-11,15H2,1-7H3,(H-,27,28,31)/p+1/t23-/m1/s1. The third kappa shape index (κ3) is 5.78. The summed E-state index contributed by atoms with van der Waals surface area (Å²) in [6, 6.07) is 9.70. The van der Waals surface area contributed by atoms with Gasteiger partial charge in [-0.1, -0.05) is 31.5 Å². The van der Waals surface area contributed by atoms with Crippen molar-refractivity contribution in [3.63, 3.8) is 0 Å². The summed E-state index contributed by atoms with van der Waals surface area (Å²) in [4.78, 5) is 15.0. The van der Waals surface area contributed by atoms with Gasteiger partial charge in [-0.15, -0.1) is 0 Å². The molecule has 7 nitrogen and oxygen atoms in total. The Morgan fingerprint density at radius 1 is 1.09 bits per heavy atom. The van der Waals surface area contributed by atoms with Crippen LogP contribution in [0.1, 0.15) is 30.5 Å². The Kier molecular flexibility index (Phi) is 7.84. The van der Waals surface area contributed by atoms with Gasteiger partial charge in [0, 0.05) is 6.07 Å². The molecular weight excluding hydrogens is 416 g/mol. The van der Waals surface area contributed by atoms with Crippen LogP contribution in [0.15, 0.2) is 30.3 Å². The van der Waals surface area contributed by atoms with E-state index < -0.39 is 0 Å². The maximum absolute atomic E-state index is 12.6. The number of carbonyl (C=O) groups excluding carboxylic acids is 1. The number of amides is 2. The highest BCUT2D eigenvalue weighted by molar-refractivity contribution is 5.91. The van der Waals surface area contributed by atoms with Crippen LogP contribution in [0.3, 0.4) is 0 Å². The van der Waals surface area contributed by atoms with Crippen molar-refractivity contribution >= 4 is 23.7 Å². The molecule has 33 heavy (non-hydrogen) atoms. The number of urea groups is 1. The molecule has 0 radical (unpaired) electrons. The van der Waals surface area contributed by atoms with Crippen LogP contribution in [-0.2, 0) is 0 Å². The average molecular weight is 454 g/mol. The van der Waals surface area contributed by atoms with Gasteiger partial charge >= 0.3 is 6.03 Å². The molecule has 178 valence electrons. The topological polar surface area (TPSA) is 65.8 Å².